The highest BCUT2D eigenvalue weighted by Crippen LogP contribution is 2.41. The first kappa shape index (κ1) is 21.4. The van der Waals surface area contributed by atoms with Gasteiger partial charge in [0.2, 0.25) is 0 Å². The number of likely N-dealkylation sites (tertiary alicyclic amines) is 1. The highest BCUT2D eigenvalue weighted by Gasteiger charge is 2.28. The predicted octanol–water partition coefficient (Wildman–Crippen LogP) is 6.26. The molecule has 4 nitrogen and oxygen atoms in total. The molecule has 1 aromatic heterocycles. The largest absolute Gasteiger partial charge is 0.461 e. The molecule has 0 atom stereocenters. The van der Waals surface area contributed by atoms with Gasteiger partial charge in [0.15, 0.2) is 0 Å². The van der Waals surface area contributed by atoms with Gasteiger partial charge in [-0.2, -0.15) is 0 Å². The van der Waals surface area contributed by atoms with Gasteiger partial charge in [-0.25, -0.2) is 0 Å². The van der Waals surface area contributed by atoms with E-state index < -0.39 is 0 Å². The van der Waals surface area contributed by atoms with E-state index in [0.29, 0.717) is 5.57 Å². The minimum Gasteiger partial charge on any atom is -0.461 e. The number of hydrogen-bond acceptors (Lipinski definition) is 3. The summed E-state index contributed by atoms with van der Waals surface area (Å²) in [6, 6.07) is 15.1. The fraction of sp³-hybridized carbons (Fsp3) is 0.367. The third kappa shape index (κ3) is 4.01. The molecule has 0 bridgehead atoms. The van der Waals surface area contributed by atoms with Gasteiger partial charge >= 0.3 is 0 Å². The van der Waals surface area contributed by atoms with Crippen LogP contribution in [0.3, 0.4) is 0 Å². The lowest BCUT2D eigenvalue weighted by molar-refractivity contribution is -0.110. The summed E-state index contributed by atoms with van der Waals surface area (Å²) in [5, 5.41) is 3.06. The fourth-order valence-corrected chi connectivity index (χ4v) is 5.68. The van der Waals surface area contributed by atoms with Crippen LogP contribution in [0.15, 0.2) is 46.9 Å². The number of furan rings is 1. The first-order valence-electron chi connectivity index (χ1n) is 12.8. The van der Waals surface area contributed by atoms with Crippen molar-refractivity contribution < 1.29 is 9.21 Å². The van der Waals surface area contributed by atoms with Crippen molar-refractivity contribution in [1.29, 1.82) is 0 Å². The Kier molecular flexibility index (Phi) is 5.62. The quantitative estimate of drug-likeness (QED) is 0.465. The van der Waals surface area contributed by atoms with E-state index in [9.17, 15) is 4.79 Å². The maximum Gasteiger partial charge on any atom is 0.256 e. The van der Waals surface area contributed by atoms with Crippen molar-refractivity contribution in [3.8, 4) is 11.1 Å². The third-order valence-corrected chi connectivity index (χ3v) is 7.60. The lowest BCUT2D eigenvalue weighted by Crippen LogP contribution is -2.21. The zero-order valence-electron chi connectivity index (χ0n) is 20.0. The molecule has 3 heterocycles. The Hall–Kier alpha value is -3.11. The van der Waals surface area contributed by atoms with Crippen LogP contribution in [0.4, 0.5) is 5.69 Å². The van der Waals surface area contributed by atoms with Crippen LogP contribution in [0, 0.1) is 6.92 Å². The van der Waals surface area contributed by atoms with Crippen LogP contribution < -0.4 is 5.32 Å². The van der Waals surface area contributed by atoms with E-state index >= 15 is 0 Å². The summed E-state index contributed by atoms with van der Waals surface area (Å²) in [7, 11) is 0. The Morgan fingerprint density at radius 1 is 1.00 bits per heavy atom. The standard InChI is InChI=1S/C30H32N2O2/c1-20-8-11-22(12-9-20)29-23-6-2-3-7-27(23)34-28(29)19-25-24-18-21(10-13-26(24)31-30(25)33)14-17-32-15-4-5-16-32/h8-13,18-19H,2-7,14-17H2,1H3,(H,31,33). The van der Waals surface area contributed by atoms with Gasteiger partial charge in [0.1, 0.15) is 11.5 Å². The first-order valence-corrected chi connectivity index (χ1v) is 12.8. The molecule has 1 N–H and O–H groups in total. The van der Waals surface area contributed by atoms with Crippen LogP contribution in [0.1, 0.15) is 59.5 Å². The van der Waals surface area contributed by atoms with E-state index in [-0.39, 0.29) is 5.91 Å². The van der Waals surface area contributed by atoms with Gasteiger partial charge in [0.25, 0.3) is 5.91 Å². The van der Waals surface area contributed by atoms with E-state index in [1.807, 2.05) is 6.08 Å². The minimum absolute atomic E-state index is 0.0454. The summed E-state index contributed by atoms with van der Waals surface area (Å²) in [5.41, 5.74) is 8.77. The van der Waals surface area contributed by atoms with E-state index in [1.54, 1.807) is 0 Å². The van der Waals surface area contributed by atoms with Gasteiger partial charge < -0.3 is 14.6 Å². The van der Waals surface area contributed by atoms with Crippen molar-refractivity contribution in [3.63, 3.8) is 0 Å². The number of hydrogen-bond donors (Lipinski definition) is 1. The summed E-state index contributed by atoms with van der Waals surface area (Å²) in [6.07, 6.45) is 9.98. The van der Waals surface area contributed by atoms with Gasteiger partial charge in [-0.05, 0) is 87.9 Å². The number of amides is 1. The monoisotopic (exact) mass is 452 g/mol. The average molecular weight is 453 g/mol. The van der Waals surface area contributed by atoms with Crippen molar-refractivity contribution in [2.45, 2.75) is 51.9 Å². The highest BCUT2D eigenvalue weighted by atomic mass is 16.3. The Morgan fingerprint density at radius 3 is 2.62 bits per heavy atom. The van der Waals surface area contributed by atoms with E-state index in [1.165, 1.54) is 54.6 Å². The maximum absolute atomic E-state index is 13.0. The van der Waals surface area contributed by atoms with Gasteiger partial charge in [-0.15, -0.1) is 0 Å². The van der Waals surface area contributed by atoms with Crippen molar-refractivity contribution in [3.05, 3.63) is 76.2 Å². The van der Waals surface area contributed by atoms with Gasteiger partial charge in [-0.1, -0.05) is 35.9 Å². The predicted molar refractivity (Wildman–Crippen MR) is 138 cm³/mol. The number of benzene rings is 2. The molecule has 1 saturated heterocycles. The summed E-state index contributed by atoms with van der Waals surface area (Å²) >= 11 is 0. The number of aryl methyl sites for hydroxylation is 2. The SMILES string of the molecule is Cc1ccc(-c2c(C=C3C(=O)Nc4ccc(CCN5CCCC5)cc43)oc3c2CCCC3)cc1. The number of carbonyl (C=O) groups is 1. The van der Waals surface area contributed by atoms with Crippen molar-refractivity contribution in [1.82, 2.24) is 4.90 Å². The normalized spacial score (nSPS) is 18.9. The molecule has 0 spiro atoms. The van der Waals surface area contributed by atoms with Crippen molar-refractivity contribution in [2.24, 2.45) is 0 Å². The Balaban J connectivity index is 1.38. The molecular weight excluding hydrogens is 420 g/mol. The summed E-state index contributed by atoms with van der Waals surface area (Å²) in [5.74, 6) is 1.86. The lowest BCUT2D eigenvalue weighted by atomic mass is 9.90. The molecule has 1 fully saturated rings. The van der Waals surface area contributed by atoms with Gasteiger partial charge in [-0.3, -0.25) is 4.79 Å². The molecule has 2 aliphatic heterocycles. The molecule has 3 aromatic rings. The molecule has 0 unspecified atom stereocenters. The van der Waals surface area contributed by atoms with Crippen molar-refractivity contribution >= 4 is 23.2 Å². The third-order valence-electron chi connectivity index (χ3n) is 7.60. The number of rotatable bonds is 5. The average Bonchev–Trinajstić information content (AvgIpc) is 3.57. The van der Waals surface area contributed by atoms with Crippen LogP contribution in [-0.4, -0.2) is 30.4 Å². The number of carbonyl (C=O) groups excluding carboxylic acids is 1. The van der Waals surface area contributed by atoms with E-state index in [0.717, 1.165) is 60.6 Å². The summed E-state index contributed by atoms with van der Waals surface area (Å²) in [4.78, 5) is 15.6. The summed E-state index contributed by atoms with van der Waals surface area (Å²) in [6.45, 7) is 5.61. The highest BCUT2D eigenvalue weighted by molar-refractivity contribution is 6.35. The smallest absolute Gasteiger partial charge is 0.256 e. The second-order valence-electron chi connectivity index (χ2n) is 10.0. The van der Waals surface area contributed by atoms with Crippen LogP contribution in [0.25, 0.3) is 22.8 Å². The molecule has 174 valence electrons. The van der Waals surface area contributed by atoms with Crippen LogP contribution in [-0.2, 0) is 24.1 Å². The van der Waals surface area contributed by atoms with Crippen molar-refractivity contribution in [2.75, 3.05) is 25.0 Å². The molecule has 0 saturated carbocycles. The van der Waals surface area contributed by atoms with Gasteiger partial charge in [0.05, 0.1) is 5.57 Å². The second kappa shape index (κ2) is 8.92. The molecule has 1 amide bonds. The Labute approximate surface area is 201 Å². The molecule has 4 heteroatoms. The molecule has 34 heavy (non-hydrogen) atoms. The minimum atomic E-state index is -0.0454. The van der Waals surface area contributed by atoms with Crippen LogP contribution in [0.2, 0.25) is 0 Å². The van der Waals surface area contributed by atoms with Crippen LogP contribution >= 0.6 is 0 Å². The molecule has 6 rings (SSSR count). The number of nitrogens with one attached hydrogen (secondary N) is 1. The number of nitrogens with zero attached hydrogens (tertiary/aromatic N) is 1. The Morgan fingerprint density at radius 2 is 1.79 bits per heavy atom. The fourth-order valence-electron chi connectivity index (χ4n) is 5.68. The molecular formula is C30H32N2O2. The molecule has 0 radical (unpaired) electrons. The second-order valence-corrected chi connectivity index (χ2v) is 10.0. The zero-order valence-corrected chi connectivity index (χ0v) is 20.0. The summed E-state index contributed by atoms with van der Waals surface area (Å²) < 4.78 is 6.43. The Bertz CT molecular complexity index is 1260. The number of fused-ring (bicyclic) bond motifs is 2. The molecule has 1 aliphatic carbocycles. The molecule has 3 aliphatic rings. The topological polar surface area (TPSA) is 45.5 Å². The first-order chi connectivity index (χ1) is 16.7. The number of anilines is 1. The molecule has 2 aromatic carbocycles. The van der Waals surface area contributed by atoms with Crippen LogP contribution in [0.5, 0.6) is 0 Å². The maximum atomic E-state index is 13.0. The van der Waals surface area contributed by atoms with E-state index in [2.05, 4.69) is 59.6 Å². The van der Waals surface area contributed by atoms with Gasteiger partial charge in [0, 0.05) is 35.3 Å². The van der Waals surface area contributed by atoms with E-state index in [4.69, 9.17) is 4.42 Å². The lowest BCUT2D eigenvalue weighted by Gasteiger charge is -2.14. The zero-order chi connectivity index (χ0) is 23.1.